The summed E-state index contributed by atoms with van der Waals surface area (Å²) in [4.78, 5) is 12.5. The normalized spacial score (nSPS) is 13.8. The highest BCUT2D eigenvalue weighted by Gasteiger charge is 2.32. The van der Waals surface area contributed by atoms with Crippen LogP contribution in [0.25, 0.3) is 0 Å². The summed E-state index contributed by atoms with van der Waals surface area (Å²) in [5.41, 5.74) is 11.1. The first-order valence-corrected chi connectivity index (χ1v) is 13.3. The highest BCUT2D eigenvalue weighted by atomic mass is 16.6. The summed E-state index contributed by atoms with van der Waals surface area (Å²) in [6.07, 6.45) is 0. The van der Waals surface area contributed by atoms with E-state index in [4.69, 9.17) is 29.4 Å². The van der Waals surface area contributed by atoms with Gasteiger partial charge in [-0.2, -0.15) is 5.26 Å². The number of ether oxygens (including phenoxy) is 5. The number of carbonyl (C=O) groups is 1. The number of fused-ring (bicyclic) bond motifs is 1. The van der Waals surface area contributed by atoms with Gasteiger partial charge in [-0.25, -0.2) is 4.79 Å². The van der Waals surface area contributed by atoms with Crippen LogP contribution in [-0.2, 0) is 11.4 Å². The van der Waals surface area contributed by atoms with Gasteiger partial charge in [0.1, 0.15) is 35.5 Å². The number of nitrogens with two attached hydrogens (primary N) is 1. The molecule has 0 saturated carbocycles. The number of aryl methyl sites for hydroxylation is 2. The number of hydrogen-bond acceptors (Lipinski definition) is 8. The fourth-order valence-electron chi connectivity index (χ4n) is 4.67. The Kier molecular flexibility index (Phi) is 8.30. The Bertz CT molecular complexity index is 1690. The molecule has 1 atom stereocenters. The predicted molar refractivity (Wildman–Crippen MR) is 157 cm³/mol. The van der Waals surface area contributed by atoms with Crippen LogP contribution < -0.4 is 29.4 Å². The molecule has 0 spiro atoms. The first kappa shape index (κ1) is 28.1. The molecule has 5 rings (SSSR count). The molecule has 0 bridgehead atoms. The molecule has 8 nitrogen and oxygen atoms in total. The molecule has 42 heavy (non-hydrogen) atoms. The van der Waals surface area contributed by atoms with Gasteiger partial charge < -0.3 is 29.4 Å². The number of rotatable bonds is 9. The smallest absolute Gasteiger partial charge is 0.349 e. The zero-order valence-electron chi connectivity index (χ0n) is 23.5. The van der Waals surface area contributed by atoms with Crippen molar-refractivity contribution >= 4 is 5.97 Å². The first-order valence-electron chi connectivity index (χ1n) is 13.3. The Balaban J connectivity index is 1.35. The molecular weight excluding hydrogens is 532 g/mol. The summed E-state index contributed by atoms with van der Waals surface area (Å²) >= 11 is 0. The Morgan fingerprint density at radius 2 is 1.69 bits per heavy atom. The molecule has 0 fully saturated rings. The van der Waals surface area contributed by atoms with Crippen molar-refractivity contribution in [1.29, 1.82) is 5.26 Å². The first-order chi connectivity index (χ1) is 20.4. The molecule has 2 N–H and O–H groups in total. The van der Waals surface area contributed by atoms with Gasteiger partial charge in [-0.1, -0.05) is 48.5 Å². The zero-order valence-corrected chi connectivity index (χ0v) is 23.5. The van der Waals surface area contributed by atoms with Crippen LogP contribution in [0.2, 0.25) is 0 Å². The average molecular weight is 563 g/mol. The molecule has 1 aliphatic heterocycles. The fourth-order valence-corrected chi connectivity index (χ4v) is 4.67. The van der Waals surface area contributed by atoms with E-state index in [2.05, 4.69) is 6.07 Å². The van der Waals surface area contributed by atoms with E-state index in [1.165, 1.54) is 0 Å². The lowest BCUT2D eigenvalue weighted by atomic mass is 9.83. The van der Waals surface area contributed by atoms with E-state index in [0.29, 0.717) is 35.2 Å². The highest BCUT2D eigenvalue weighted by Crippen LogP contribution is 2.45. The van der Waals surface area contributed by atoms with Crippen molar-refractivity contribution in [2.75, 3.05) is 13.7 Å². The van der Waals surface area contributed by atoms with Gasteiger partial charge in [0.05, 0.1) is 13.0 Å². The second kappa shape index (κ2) is 12.4. The van der Waals surface area contributed by atoms with E-state index in [-0.39, 0.29) is 23.8 Å². The third kappa shape index (κ3) is 6.16. The molecule has 1 heterocycles. The van der Waals surface area contributed by atoms with Gasteiger partial charge in [0, 0.05) is 11.6 Å². The number of hydrogen-bond donors (Lipinski definition) is 1. The molecule has 0 aromatic heterocycles. The van der Waals surface area contributed by atoms with Gasteiger partial charge >= 0.3 is 5.97 Å². The highest BCUT2D eigenvalue weighted by molar-refractivity contribution is 5.74. The summed E-state index contributed by atoms with van der Waals surface area (Å²) < 4.78 is 28.5. The standard InChI is InChI=1S/C34H30N2O6/c1-21-9-11-25(15-22(21)2)39-20-32(37)41-26-12-13-27-30(17-26)42-34(36)28(18-35)33(27)24-10-14-29(31(16-24)38-3)40-19-23-7-5-4-6-8-23/h4-17,33H,19-20,36H2,1-3H3. The maximum absolute atomic E-state index is 12.5. The molecule has 0 aliphatic carbocycles. The van der Waals surface area contributed by atoms with Crippen molar-refractivity contribution in [2.45, 2.75) is 26.4 Å². The number of carbonyl (C=O) groups excluding carboxylic acids is 1. The zero-order chi connectivity index (χ0) is 29.6. The molecular formula is C34H30N2O6. The van der Waals surface area contributed by atoms with Gasteiger partial charge in [-0.15, -0.1) is 0 Å². The quantitative estimate of drug-likeness (QED) is 0.193. The molecule has 0 saturated heterocycles. The van der Waals surface area contributed by atoms with Crippen LogP contribution in [0.4, 0.5) is 0 Å². The van der Waals surface area contributed by atoms with Gasteiger partial charge in [-0.3, -0.25) is 0 Å². The van der Waals surface area contributed by atoms with E-state index in [0.717, 1.165) is 22.3 Å². The molecule has 0 radical (unpaired) electrons. The van der Waals surface area contributed by atoms with E-state index in [1.54, 1.807) is 31.4 Å². The summed E-state index contributed by atoms with van der Waals surface area (Å²) in [7, 11) is 1.56. The van der Waals surface area contributed by atoms with Gasteiger partial charge in [0.25, 0.3) is 0 Å². The summed E-state index contributed by atoms with van der Waals surface area (Å²) in [5, 5.41) is 9.96. The van der Waals surface area contributed by atoms with Crippen LogP contribution in [0.3, 0.4) is 0 Å². The molecule has 8 heteroatoms. The Hall–Kier alpha value is -5.42. The Morgan fingerprint density at radius 1 is 0.905 bits per heavy atom. The monoisotopic (exact) mass is 562 g/mol. The fraction of sp³-hybridized carbons (Fsp3) is 0.176. The van der Waals surface area contributed by atoms with Crippen LogP contribution >= 0.6 is 0 Å². The minimum atomic E-state index is -0.572. The van der Waals surface area contributed by atoms with Gasteiger partial charge in [0.2, 0.25) is 5.88 Å². The second-order valence-corrected chi connectivity index (χ2v) is 9.82. The number of nitriles is 1. The lowest BCUT2D eigenvalue weighted by molar-refractivity contribution is -0.136. The summed E-state index contributed by atoms with van der Waals surface area (Å²) in [6.45, 7) is 4.10. The van der Waals surface area contributed by atoms with Crippen LogP contribution in [0, 0.1) is 25.2 Å². The maximum atomic E-state index is 12.5. The maximum Gasteiger partial charge on any atom is 0.349 e. The minimum absolute atomic E-state index is 0.0279. The van der Waals surface area contributed by atoms with Crippen molar-refractivity contribution in [2.24, 2.45) is 5.73 Å². The number of benzene rings is 4. The predicted octanol–water partition coefficient (Wildman–Crippen LogP) is 6.09. The summed E-state index contributed by atoms with van der Waals surface area (Å²) in [5.74, 6) is 1.17. The molecule has 212 valence electrons. The van der Waals surface area contributed by atoms with Crippen molar-refractivity contribution in [1.82, 2.24) is 0 Å². The summed E-state index contributed by atoms with van der Waals surface area (Å²) in [6, 6.07) is 28.1. The average Bonchev–Trinajstić information content (AvgIpc) is 3.00. The van der Waals surface area contributed by atoms with Crippen LogP contribution in [-0.4, -0.2) is 19.7 Å². The third-order valence-electron chi connectivity index (χ3n) is 7.02. The van der Waals surface area contributed by atoms with Crippen LogP contribution in [0.5, 0.6) is 28.7 Å². The third-order valence-corrected chi connectivity index (χ3v) is 7.02. The van der Waals surface area contributed by atoms with Crippen molar-refractivity contribution < 1.29 is 28.5 Å². The van der Waals surface area contributed by atoms with Crippen molar-refractivity contribution in [3.8, 4) is 34.8 Å². The number of esters is 1. The Labute approximate surface area is 244 Å². The SMILES string of the molecule is COc1cc(C2C(C#N)=C(N)Oc3cc(OC(=O)COc4ccc(C)c(C)c4)ccc32)ccc1OCc1ccccc1. The second-order valence-electron chi connectivity index (χ2n) is 9.82. The lowest BCUT2D eigenvalue weighted by Crippen LogP contribution is -2.22. The Morgan fingerprint density at radius 3 is 2.43 bits per heavy atom. The largest absolute Gasteiger partial charge is 0.493 e. The van der Waals surface area contributed by atoms with E-state index < -0.39 is 11.9 Å². The number of methoxy groups -OCH3 is 1. The molecule has 1 unspecified atom stereocenters. The number of allylic oxidation sites excluding steroid dienone is 1. The minimum Gasteiger partial charge on any atom is -0.493 e. The van der Waals surface area contributed by atoms with Gasteiger partial charge in [-0.05, 0) is 66.4 Å². The van der Waals surface area contributed by atoms with Crippen LogP contribution in [0.1, 0.15) is 33.7 Å². The molecule has 1 aliphatic rings. The topological polar surface area (TPSA) is 113 Å². The lowest BCUT2D eigenvalue weighted by Gasteiger charge is -2.27. The van der Waals surface area contributed by atoms with Crippen molar-refractivity contribution in [3.05, 3.63) is 124 Å². The van der Waals surface area contributed by atoms with E-state index in [9.17, 15) is 10.1 Å². The van der Waals surface area contributed by atoms with E-state index in [1.807, 2.05) is 74.5 Å². The number of nitrogens with zero attached hydrogens (tertiary/aromatic N) is 1. The molecule has 4 aromatic carbocycles. The van der Waals surface area contributed by atoms with Crippen molar-refractivity contribution in [3.63, 3.8) is 0 Å². The molecule has 0 amide bonds. The van der Waals surface area contributed by atoms with Crippen LogP contribution in [0.15, 0.2) is 96.4 Å². The molecule has 4 aromatic rings. The van der Waals surface area contributed by atoms with Gasteiger partial charge in [0.15, 0.2) is 18.1 Å². The van der Waals surface area contributed by atoms with E-state index >= 15 is 0 Å².